The molecule has 0 saturated carbocycles. The van der Waals surface area contributed by atoms with E-state index in [2.05, 4.69) is 5.32 Å². The first kappa shape index (κ1) is 16.6. The number of alkyl carbamates (subject to hydrolysis) is 1. The summed E-state index contributed by atoms with van der Waals surface area (Å²) in [7, 11) is 0. The van der Waals surface area contributed by atoms with Crippen molar-refractivity contribution < 1.29 is 19.1 Å². The number of aliphatic hydroxyl groups excluding tert-OH is 1. The lowest BCUT2D eigenvalue weighted by Gasteiger charge is -2.27. The van der Waals surface area contributed by atoms with Gasteiger partial charge in [0.25, 0.3) is 0 Å². The standard InChI is InChI=1S/C15H25NO4/c1-10(2)9-11(13(17)12-7-6-8-19-12)16-14(18)20-15(3,4)5/h6-8,10-11,13,17H,9H2,1-5H3,(H,16,18). The molecule has 5 heteroatoms. The zero-order chi connectivity index (χ0) is 15.3. The highest BCUT2D eigenvalue weighted by molar-refractivity contribution is 5.68. The molecule has 1 heterocycles. The third kappa shape index (κ3) is 5.65. The van der Waals surface area contributed by atoms with Gasteiger partial charge in [-0.05, 0) is 45.2 Å². The molecule has 0 aliphatic rings. The first-order valence-corrected chi connectivity index (χ1v) is 6.90. The maximum absolute atomic E-state index is 11.8. The van der Waals surface area contributed by atoms with E-state index in [0.29, 0.717) is 18.1 Å². The Hall–Kier alpha value is -1.49. The van der Waals surface area contributed by atoms with Gasteiger partial charge in [0.05, 0.1) is 12.3 Å². The second-order valence-corrected chi connectivity index (χ2v) is 6.34. The highest BCUT2D eigenvalue weighted by Gasteiger charge is 2.27. The van der Waals surface area contributed by atoms with Gasteiger partial charge in [-0.2, -0.15) is 0 Å². The van der Waals surface area contributed by atoms with Crippen LogP contribution in [0.5, 0.6) is 0 Å². The predicted molar refractivity (Wildman–Crippen MR) is 76.3 cm³/mol. The van der Waals surface area contributed by atoms with Crippen LogP contribution in [0.4, 0.5) is 4.79 Å². The number of rotatable bonds is 5. The average molecular weight is 283 g/mol. The van der Waals surface area contributed by atoms with E-state index in [-0.39, 0.29) is 0 Å². The molecule has 0 spiro atoms. The summed E-state index contributed by atoms with van der Waals surface area (Å²) in [5, 5.41) is 13.0. The topological polar surface area (TPSA) is 71.7 Å². The van der Waals surface area contributed by atoms with Crippen molar-refractivity contribution >= 4 is 6.09 Å². The number of hydrogen-bond acceptors (Lipinski definition) is 4. The lowest BCUT2D eigenvalue weighted by molar-refractivity contribution is 0.0374. The summed E-state index contributed by atoms with van der Waals surface area (Å²) >= 11 is 0. The van der Waals surface area contributed by atoms with Crippen LogP contribution in [0, 0.1) is 5.92 Å². The van der Waals surface area contributed by atoms with E-state index in [4.69, 9.17) is 9.15 Å². The van der Waals surface area contributed by atoms with Gasteiger partial charge in [0.15, 0.2) is 0 Å². The van der Waals surface area contributed by atoms with Gasteiger partial charge in [-0.3, -0.25) is 0 Å². The molecule has 1 aromatic rings. The predicted octanol–water partition coefficient (Wildman–Crippen LogP) is 3.25. The first-order valence-electron chi connectivity index (χ1n) is 6.90. The fourth-order valence-electron chi connectivity index (χ4n) is 1.89. The van der Waals surface area contributed by atoms with Crippen LogP contribution >= 0.6 is 0 Å². The number of amides is 1. The van der Waals surface area contributed by atoms with Gasteiger partial charge in [-0.25, -0.2) is 4.79 Å². The quantitative estimate of drug-likeness (QED) is 0.870. The molecule has 0 aliphatic heterocycles. The number of carbonyl (C=O) groups excluding carboxylic acids is 1. The molecule has 0 bridgehead atoms. The largest absolute Gasteiger partial charge is 0.467 e. The summed E-state index contributed by atoms with van der Waals surface area (Å²) in [6.07, 6.45) is 0.702. The molecule has 2 unspecified atom stereocenters. The lowest BCUT2D eigenvalue weighted by atomic mass is 9.98. The van der Waals surface area contributed by atoms with E-state index in [1.807, 2.05) is 13.8 Å². The molecule has 2 N–H and O–H groups in total. The van der Waals surface area contributed by atoms with Gasteiger partial charge in [0.1, 0.15) is 17.5 Å². The Balaban J connectivity index is 2.72. The molecule has 0 radical (unpaired) electrons. The van der Waals surface area contributed by atoms with E-state index < -0.39 is 23.8 Å². The zero-order valence-electron chi connectivity index (χ0n) is 12.8. The van der Waals surface area contributed by atoms with E-state index in [0.717, 1.165) is 0 Å². The molecule has 5 nitrogen and oxygen atoms in total. The molecule has 20 heavy (non-hydrogen) atoms. The minimum Gasteiger partial charge on any atom is -0.467 e. The third-order valence-corrected chi connectivity index (χ3v) is 2.64. The number of aliphatic hydroxyl groups is 1. The summed E-state index contributed by atoms with van der Waals surface area (Å²) in [5.74, 6) is 0.756. The lowest BCUT2D eigenvalue weighted by Crippen LogP contribution is -2.43. The summed E-state index contributed by atoms with van der Waals surface area (Å²) in [4.78, 5) is 11.8. The third-order valence-electron chi connectivity index (χ3n) is 2.64. The second-order valence-electron chi connectivity index (χ2n) is 6.34. The van der Waals surface area contributed by atoms with Crippen molar-refractivity contribution in [1.82, 2.24) is 5.32 Å². The Labute approximate surface area is 120 Å². The Morgan fingerprint density at radius 2 is 2.10 bits per heavy atom. The van der Waals surface area contributed by atoms with Crippen LogP contribution in [0.1, 0.15) is 52.9 Å². The molecule has 1 aromatic heterocycles. The van der Waals surface area contributed by atoms with Gasteiger partial charge in [0, 0.05) is 0 Å². The maximum atomic E-state index is 11.8. The minimum absolute atomic E-state index is 0.319. The first-order chi connectivity index (χ1) is 9.19. The van der Waals surface area contributed by atoms with Crippen molar-refractivity contribution in [2.45, 2.75) is 58.8 Å². The fraction of sp³-hybridized carbons (Fsp3) is 0.667. The minimum atomic E-state index is -0.889. The maximum Gasteiger partial charge on any atom is 0.407 e. The van der Waals surface area contributed by atoms with Crippen molar-refractivity contribution in [3.63, 3.8) is 0 Å². The van der Waals surface area contributed by atoms with Crippen molar-refractivity contribution in [2.75, 3.05) is 0 Å². The van der Waals surface area contributed by atoms with Gasteiger partial charge < -0.3 is 19.6 Å². The van der Waals surface area contributed by atoms with E-state index in [1.165, 1.54) is 6.26 Å². The number of nitrogens with one attached hydrogen (secondary N) is 1. The van der Waals surface area contributed by atoms with E-state index in [1.54, 1.807) is 32.9 Å². The number of ether oxygens (including phenoxy) is 1. The van der Waals surface area contributed by atoms with Crippen molar-refractivity contribution in [1.29, 1.82) is 0 Å². The van der Waals surface area contributed by atoms with Crippen LogP contribution in [0.15, 0.2) is 22.8 Å². The molecule has 1 amide bonds. The summed E-state index contributed by atoms with van der Waals surface area (Å²) in [6.45, 7) is 9.45. The molecule has 0 fully saturated rings. The van der Waals surface area contributed by atoms with Crippen LogP contribution in [0.3, 0.4) is 0 Å². The Bertz CT molecular complexity index is 406. The number of furan rings is 1. The number of carbonyl (C=O) groups is 1. The van der Waals surface area contributed by atoms with E-state index >= 15 is 0 Å². The molecule has 2 atom stereocenters. The highest BCUT2D eigenvalue weighted by atomic mass is 16.6. The van der Waals surface area contributed by atoms with Gasteiger partial charge in [-0.15, -0.1) is 0 Å². The molecular weight excluding hydrogens is 258 g/mol. The van der Waals surface area contributed by atoms with Crippen LogP contribution in [0.2, 0.25) is 0 Å². The molecule has 0 aromatic carbocycles. The summed E-state index contributed by atoms with van der Waals surface area (Å²) in [6, 6.07) is 2.95. The SMILES string of the molecule is CC(C)CC(NC(=O)OC(C)(C)C)C(O)c1ccco1. The fourth-order valence-corrected chi connectivity index (χ4v) is 1.89. The van der Waals surface area contributed by atoms with Crippen LogP contribution in [-0.2, 0) is 4.74 Å². The molecule has 114 valence electrons. The highest BCUT2D eigenvalue weighted by Crippen LogP contribution is 2.22. The zero-order valence-corrected chi connectivity index (χ0v) is 12.8. The van der Waals surface area contributed by atoms with Gasteiger partial charge in [-0.1, -0.05) is 13.8 Å². The number of hydrogen-bond donors (Lipinski definition) is 2. The van der Waals surface area contributed by atoms with Crippen molar-refractivity contribution in [3.05, 3.63) is 24.2 Å². The molecule has 0 saturated heterocycles. The normalized spacial score (nSPS) is 14.9. The van der Waals surface area contributed by atoms with Crippen molar-refractivity contribution in [3.8, 4) is 0 Å². The summed E-state index contributed by atoms with van der Waals surface area (Å²) < 4.78 is 10.4. The summed E-state index contributed by atoms with van der Waals surface area (Å²) in [5.41, 5.74) is -0.567. The Morgan fingerprint density at radius 1 is 1.45 bits per heavy atom. The average Bonchev–Trinajstić information content (AvgIpc) is 2.76. The Morgan fingerprint density at radius 3 is 2.55 bits per heavy atom. The van der Waals surface area contributed by atoms with Gasteiger partial charge >= 0.3 is 6.09 Å². The molecule has 1 rings (SSSR count). The van der Waals surface area contributed by atoms with Crippen LogP contribution in [0.25, 0.3) is 0 Å². The second kappa shape index (κ2) is 6.79. The van der Waals surface area contributed by atoms with Gasteiger partial charge in [0.2, 0.25) is 0 Å². The molecular formula is C15H25NO4. The van der Waals surface area contributed by atoms with Crippen LogP contribution in [-0.4, -0.2) is 22.8 Å². The van der Waals surface area contributed by atoms with Crippen molar-refractivity contribution in [2.24, 2.45) is 5.92 Å². The van der Waals surface area contributed by atoms with E-state index in [9.17, 15) is 9.90 Å². The van der Waals surface area contributed by atoms with Crippen LogP contribution < -0.4 is 5.32 Å². The molecule has 0 aliphatic carbocycles. The smallest absolute Gasteiger partial charge is 0.407 e. The Kier molecular flexibility index (Phi) is 5.62. The monoisotopic (exact) mass is 283 g/mol.